The fraction of sp³-hybridized carbons (Fsp3) is 0.316. The summed E-state index contributed by atoms with van der Waals surface area (Å²) >= 11 is 0. The van der Waals surface area contributed by atoms with Crippen LogP contribution in [-0.2, 0) is 35.2 Å². The lowest BCUT2D eigenvalue weighted by Crippen LogP contribution is -2.31. The maximum Gasteiger partial charge on any atom is 0.333 e. The van der Waals surface area contributed by atoms with E-state index < -0.39 is 17.8 Å². The van der Waals surface area contributed by atoms with Crippen molar-refractivity contribution in [3.63, 3.8) is 0 Å². The highest BCUT2D eigenvalue weighted by atomic mass is 16.7. The van der Waals surface area contributed by atoms with Gasteiger partial charge in [0.15, 0.2) is 0 Å². The number of benzene rings is 1. The topological polar surface area (TPSA) is 110 Å². The van der Waals surface area contributed by atoms with Crippen molar-refractivity contribution in [2.75, 3.05) is 0 Å². The fourth-order valence-corrected chi connectivity index (χ4v) is 2.35. The zero-order valence-electron chi connectivity index (χ0n) is 14.9. The number of rotatable bonds is 5. The predicted octanol–water partition coefficient (Wildman–Crippen LogP) is 1.12. The lowest BCUT2D eigenvalue weighted by molar-refractivity contribution is -0.197. The van der Waals surface area contributed by atoms with Gasteiger partial charge in [0.05, 0.1) is 0 Å². The van der Waals surface area contributed by atoms with Gasteiger partial charge in [-0.15, -0.1) is 5.06 Å². The quantitative estimate of drug-likeness (QED) is 0.776. The lowest BCUT2D eigenvalue weighted by Gasteiger charge is -2.12. The van der Waals surface area contributed by atoms with E-state index in [9.17, 15) is 24.0 Å². The van der Waals surface area contributed by atoms with E-state index in [1.807, 2.05) is 36.5 Å². The Balaban J connectivity index is 0.000000313. The van der Waals surface area contributed by atoms with Crippen LogP contribution in [0.1, 0.15) is 36.8 Å². The Bertz CT molecular complexity index is 750. The minimum atomic E-state index is -0.541. The lowest BCUT2D eigenvalue weighted by atomic mass is 10.1. The molecule has 0 saturated carbocycles. The van der Waals surface area contributed by atoms with Gasteiger partial charge in [-0.25, -0.2) is 4.79 Å². The molecule has 3 rings (SSSR count). The normalized spacial score (nSPS) is 15.5. The Morgan fingerprint density at radius 3 is 2.04 bits per heavy atom. The number of nitrogens with one attached hydrogen (secondary N) is 1. The van der Waals surface area contributed by atoms with Gasteiger partial charge in [-0.3, -0.25) is 24.5 Å². The van der Waals surface area contributed by atoms with E-state index in [4.69, 9.17) is 4.84 Å². The number of carbonyl (C=O) groups is 5. The third-order valence-electron chi connectivity index (χ3n) is 3.80. The second kappa shape index (κ2) is 9.42. The van der Waals surface area contributed by atoms with Gasteiger partial charge in [-0.2, -0.15) is 0 Å². The molecule has 1 aromatic carbocycles. The van der Waals surface area contributed by atoms with Crippen LogP contribution in [0.4, 0.5) is 0 Å². The van der Waals surface area contributed by atoms with Crippen LogP contribution >= 0.6 is 0 Å². The molecule has 142 valence electrons. The van der Waals surface area contributed by atoms with Crippen molar-refractivity contribution in [3.8, 4) is 0 Å². The second-order valence-electron chi connectivity index (χ2n) is 6.07. The molecular formula is C19H20N2O6. The molecule has 2 aliphatic heterocycles. The zero-order chi connectivity index (χ0) is 19.8. The number of aryl methyl sites for hydroxylation is 2. The van der Waals surface area contributed by atoms with Crippen molar-refractivity contribution < 1.29 is 28.8 Å². The molecule has 0 aromatic heterocycles. The Labute approximate surface area is 156 Å². The van der Waals surface area contributed by atoms with E-state index in [1.165, 1.54) is 17.7 Å². The van der Waals surface area contributed by atoms with Crippen LogP contribution in [-0.4, -0.2) is 34.7 Å². The Kier molecular flexibility index (Phi) is 6.99. The van der Waals surface area contributed by atoms with E-state index in [1.54, 1.807) is 0 Å². The first-order valence-corrected chi connectivity index (χ1v) is 8.50. The number of hydroxylamine groups is 2. The third kappa shape index (κ3) is 6.50. The molecule has 0 atom stereocenters. The summed E-state index contributed by atoms with van der Waals surface area (Å²) in [5, 5.41) is 2.62. The van der Waals surface area contributed by atoms with Crippen LogP contribution in [0.3, 0.4) is 0 Å². The van der Waals surface area contributed by atoms with E-state index >= 15 is 0 Å². The van der Waals surface area contributed by atoms with E-state index in [0.717, 1.165) is 12.0 Å². The highest BCUT2D eigenvalue weighted by molar-refractivity contribution is 6.12. The molecule has 1 N–H and O–H groups in total. The van der Waals surface area contributed by atoms with Crippen molar-refractivity contribution in [2.24, 2.45) is 0 Å². The highest BCUT2D eigenvalue weighted by Crippen LogP contribution is 2.13. The molecule has 27 heavy (non-hydrogen) atoms. The minimum absolute atomic E-state index is 0.121. The first-order chi connectivity index (χ1) is 12.8. The van der Waals surface area contributed by atoms with Gasteiger partial charge in [-0.05, 0) is 25.3 Å². The van der Waals surface area contributed by atoms with E-state index in [0.29, 0.717) is 11.5 Å². The van der Waals surface area contributed by atoms with Gasteiger partial charge in [0.25, 0.3) is 23.6 Å². The third-order valence-corrected chi connectivity index (χ3v) is 3.80. The summed E-state index contributed by atoms with van der Waals surface area (Å²) in [5.74, 6) is -2.08. The number of carbonyl (C=O) groups excluding carboxylic acids is 5. The number of hydrogen-bond donors (Lipinski definition) is 1. The number of amides is 4. The average molecular weight is 372 g/mol. The largest absolute Gasteiger partial charge is 0.333 e. The highest BCUT2D eigenvalue weighted by Gasteiger charge is 2.32. The summed E-state index contributed by atoms with van der Waals surface area (Å²) in [6.07, 6.45) is 4.20. The summed E-state index contributed by atoms with van der Waals surface area (Å²) in [6.45, 7) is 2.02. The van der Waals surface area contributed by atoms with Crippen molar-refractivity contribution >= 4 is 29.6 Å². The maximum absolute atomic E-state index is 11.6. The summed E-state index contributed by atoms with van der Waals surface area (Å²) in [6, 6.07) is 8.09. The Hall–Kier alpha value is -3.29. The zero-order valence-corrected chi connectivity index (χ0v) is 14.9. The van der Waals surface area contributed by atoms with Crippen LogP contribution in [0.2, 0.25) is 0 Å². The molecule has 1 fully saturated rings. The summed E-state index contributed by atoms with van der Waals surface area (Å²) < 4.78 is 0. The van der Waals surface area contributed by atoms with Gasteiger partial charge in [0.1, 0.15) is 0 Å². The summed E-state index contributed by atoms with van der Waals surface area (Å²) in [4.78, 5) is 59.0. The number of hydrogen-bond acceptors (Lipinski definition) is 6. The molecule has 0 aliphatic carbocycles. The van der Waals surface area contributed by atoms with Crippen LogP contribution in [0.25, 0.3) is 0 Å². The average Bonchev–Trinajstić information content (AvgIpc) is 3.16. The Morgan fingerprint density at radius 1 is 1.00 bits per heavy atom. The minimum Gasteiger partial charge on any atom is -0.330 e. The SMILES string of the molecule is Cc1ccc(CCCC(=O)ON2C(=O)CCC2=O)cc1.O=C1C=CC(=O)N1. The summed E-state index contributed by atoms with van der Waals surface area (Å²) in [5.41, 5.74) is 2.34. The molecule has 0 spiro atoms. The standard InChI is InChI=1S/C15H17NO4.C4H3NO2/c1-11-5-7-12(8-6-11)3-2-4-15(19)20-16-13(17)9-10-14(16)18;6-3-1-2-4(7)5-3/h5-8H,2-4,9-10H2,1H3;1-2H,(H,5,6,7). The van der Waals surface area contributed by atoms with Crippen molar-refractivity contribution in [2.45, 2.75) is 39.0 Å². The smallest absolute Gasteiger partial charge is 0.330 e. The van der Waals surface area contributed by atoms with Crippen LogP contribution < -0.4 is 5.32 Å². The van der Waals surface area contributed by atoms with Crippen molar-refractivity contribution in [1.82, 2.24) is 10.4 Å². The summed E-state index contributed by atoms with van der Waals surface area (Å²) in [7, 11) is 0. The van der Waals surface area contributed by atoms with E-state index in [-0.39, 0.29) is 31.1 Å². The molecule has 4 amide bonds. The van der Waals surface area contributed by atoms with E-state index in [2.05, 4.69) is 0 Å². The molecule has 0 bridgehead atoms. The molecule has 0 unspecified atom stereocenters. The van der Waals surface area contributed by atoms with Crippen molar-refractivity contribution in [1.29, 1.82) is 0 Å². The van der Waals surface area contributed by atoms with Gasteiger partial charge in [0.2, 0.25) is 0 Å². The molecular weight excluding hydrogens is 352 g/mol. The Morgan fingerprint density at radius 2 is 1.56 bits per heavy atom. The fourth-order valence-electron chi connectivity index (χ4n) is 2.35. The molecule has 8 heteroatoms. The van der Waals surface area contributed by atoms with Gasteiger partial charge >= 0.3 is 5.97 Å². The predicted molar refractivity (Wildman–Crippen MR) is 93.6 cm³/mol. The van der Waals surface area contributed by atoms with Gasteiger partial charge in [0, 0.05) is 31.4 Å². The van der Waals surface area contributed by atoms with Gasteiger partial charge in [-0.1, -0.05) is 29.8 Å². The monoisotopic (exact) mass is 372 g/mol. The van der Waals surface area contributed by atoms with Crippen LogP contribution in [0.15, 0.2) is 36.4 Å². The van der Waals surface area contributed by atoms with Crippen LogP contribution in [0.5, 0.6) is 0 Å². The number of nitrogens with zero attached hydrogens (tertiary/aromatic N) is 1. The first-order valence-electron chi connectivity index (χ1n) is 8.50. The number of imide groups is 2. The molecule has 1 aromatic rings. The van der Waals surface area contributed by atoms with Gasteiger partial charge < -0.3 is 4.84 Å². The second-order valence-corrected chi connectivity index (χ2v) is 6.07. The molecule has 2 aliphatic rings. The van der Waals surface area contributed by atoms with Crippen LogP contribution in [0, 0.1) is 6.92 Å². The van der Waals surface area contributed by atoms with Crippen molar-refractivity contribution in [3.05, 3.63) is 47.5 Å². The molecule has 1 saturated heterocycles. The first kappa shape index (κ1) is 20.0. The molecule has 2 heterocycles. The maximum atomic E-state index is 11.6. The molecule has 8 nitrogen and oxygen atoms in total. The molecule has 0 radical (unpaired) electrons.